The molecule has 0 aromatic carbocycles. The minimum Gasteiger partial charge on any atom is -0.462 e. The van der Waals surface area contributed by atoms with E-state index in [0.717, 1.165) is 17.1 Å². The second-order valence-corrected chi connectivity index (χ2v) is 6.86. The Morgan fingerprint density at radius 2 is 2.19 bits per heavy atom. The molecule has 0 saturated carbocycles. The fourth-order valence-electron chi connectivity index (χ4n) is 2.33. The van der Waals surface area contributed by atoms with Crippen molar-refractivity contribution in [2.75, 3.05) is 20.2 Å². The van der Waals surface area contributed by atoms with Crippen molar-refractivity contribution in [2.45, 2.75) is 40.3 Å². The number of halogens is 1. The van der Waals surface area contributed by atoms with Gasteiger partial charge in [0, 0.05) is 19.8 Å². The fraction of sp³-hybridized carbons (Fsp3) is 0.529. The molecular weight excluding hydrogens is 479 g/mol. The average molecular weight is 506 g/mol. The second kappa shape index (κ2) is 11.2. The Morgan fingerprint density at radius 1 is 1.44 bits per heavy atom. The number of nitrogens with zero attached hydrogens (tertiary/aromatic N) is 4. The van der Waals surface area contributed by atoms with E-state index in [1.807, 2.05) is 37.8 Å². The van der Waals surface area contributed by atoms with E-state index in [1.54, 1.807) is 14.0 Å². The number of aliphatic imine (C=N–C) groups is 1. The molecule has 0 radical (unpaired) electrons. The summed E-state index contributed by atoms with van der Waals surface area (Å²) in [5.41, 5.74) is 1.83. The Bertz CT molecular complexity index is 773. The van der Waals surface area contributed by atoms with Crippen LogP contribution in [0.1, 0.15) is 45.8 Å². The topological polar surface area (TPSA) is 93.4 Å². The van der Waals surface area contributed by atoms with Gasteiger partial charge in [0.05, 0.1) is 31.1 Å². The Labute approximate surface area is 180 Å². The normalized spacial score (nSPS) is 12.3. The summed E-state index contributed by atoms with van der Waals surface area (Å²) in [5.74, 6) is 0.352. The van der Waals surface area contributed by atoms with Gasteiger partial charge in [0.1, 0.15) is 9.88 Å². The number of carbonyl (C=O) groups is 1. The molecule has 0 aliphatic carbocycles. The van der Waals surface area contributed by atoms with Crippen LogP contribution in [0.3, 0.4) is 0 Å². The Kier molecular flexibility index (Phi) is 9.70. The van der Waals surface area contributed by atoms with E-state index in [-0.39, 0.29) is 36.0 Å². The van der Waals surface area contributed by atoms with E-state index in [4.69, 9.17) is 4.74 Å². The minimum absolute atomic E-state index is 0. The molecule has 150 valence electrons. The molecule has 2 rings (SSSR count). The third-order valence-electron chi connectivity index (χ3n) is 3.62. The third-order valence-corrected chi connectivity index (χ3v) is 4.94. The van der Waals surface area contributed by atoms with Crippen molar-refractivity contribution < 1.29 is 9.53 Å². The molecule has 0 aliphatic rings. The first-order valence-corrected chi connectivity index (χ1v) is 9.37. The second-order valence-electron chi connectivity index (χ2n) is 5.83. The van der Waals surface area contributed by atoms with Crippen LogP contribution >= 0.6 is 35.3 Å². The van der Waals surface area contributed by atoms with Gasteiger partial charge in [-0.3, -0.25) is 9.67 Å². The highest BCUT2D eigenvalue weighted by Crippen LogP contribution is 2.24. The predicted molar refractivity (Wildman–Crippen MR) is 118 cm³/mol. The Morgan fingerprint density at radius 3 is 2.78 bits per heavy atom. The highest BCUT2D eigenvalue weighted by atomic mass is 127. The molecule has 0 amide bonds. The van der Waals surface area contributed by atoms with Gasteiger partial charge < -0.3 is 15.4 Å². The van der Waals surface area contributed by atoms with Gasteiger partial charge in [-0.15, -0.1) is 35.3 Å². The highest BCUT2D eigenvalue weighted by molar-refractivity contribution is 14.0. The summed E-state index contributed by atoms with van der Waals surface area (Å²) < 4.78 is 6.95. The smallest absolute Gasteiger partial charge is 0.350 e. The van der Waals surface area contributed by atoms with Crippen molar-refractivity contribution in [3.05, 3.63) is 33.5 Å². The molecule has 2 N–H and O–H groups in total. The van der Waals surface area contributed by atoms with Crippen LogP contribution in [-0.4, -0.2) is 46.9 Å². The van der Waals surface area contributed by atoms with Crippen LogP contribution in [0.2, 0.25) is 0 Å². The first kappa shape index (κ1) is 23.3. The summed E-state index contributed by atoms with van der Waals surface area (Å²) in [6.45, 7) is 9.39. The SMILES string of the molecule is CCOC(=O)c1sc(C(C)NC(=NC)NCCn2cc(C)cn2)nc1C.I. The van der Waals surface area contributed by atoms with Gasteiger partial charge in [0.15, 0.2) is 5.96 Å². The molecule has 0 bridgehead atoms. The zero-order valence-electron chi connectivity index (χ0n) is 16.3. The van der Waals surface area contributed by atoms with E-state index in [9.17, 15) is 4.79 Å². The van der Waals surface area contributed by atoms with Crippen molar-refractivity contribution >= 4 is 47.2 Å². The quantitative estimate of drug-likeness (QED) is 0.260. The maximum Gasteiger partial charge on any atom is 0.350 e. The number of ether oxygens (including phenoxy) is 1. The van der Waals surface area contributed by atoms with Crippen LogP contribution < -0.4 is 10.6 Å². The number of rotatable bonds is 7. The summed E-state index contributed by atoms with van der Waals surface area (Å²) in [4.78, 5) is 21.2. The molecule has 27 heavy (non-hydrogen) atoms. The van der Waals surface area contributed by atoms with Gasteiger partial charge >= 0.3 is 5.97 Å². The average Bonchev–Trinajstić information content (AvgIpc) is 3.19. The molecule has 2 aromatic rings. The van der Waals surface area contributed by atoms with Crippen LogP contribution in [-0.2, 0) is 11.3 Å². The van der Waals surface area contributed by atoms with Gasteiger partial charge in [-0.25, -0.2) is 9.78 Å². The van der Waals surface area contributed by atoms with Crippen LogP contribution in [0.5, 0.6) is 0 Å². The van der Waals surface area contributed by atoms with Crippen LogP contribution in [0.15, 0.2) is 17.4 Å². The first-order chi connectivity index (χ1) is 12.4. The van der Waals surface area contributed by atoms with Crippen LogP contribution in [0.4, 0.5) is 0 Å². The number of guanidine groups is 1. The Hall–Kier alpha value is -1.69. The highest BCUT2D eigenvalue weighted by Gasteiger charge is 2.20. The van der Waals surface area contributed by atoms with Gasteiger partial charge in [0.2, 0.25) is 0 Å². The van der Waals surface area contributed by atoms with Crippen LogP contribution in [0.25, 0.3) is 0 Å². The number of hydrogen-bond donors (Lipinski definition) is 2. The maximum atomic E-state index is 11.9. The lowest BCUT2D eigenvalue weighted by atomic mass is 10.3. The molecule has 2 aromatic heterocycles. The standard InChI is InChI=1S/C17H26N6O2S.HI/c1-6-25-16(24)14-12(3)21-15(26-14)13(4)22-17(18-5)19-7-8-23-10-11(2)9-20-23;/h9-10,13H,6-8H2,1-5H3,(H2,18,19,22);1H. The van der Waals surface area contributed by atoms with E-state index in [2.05, 4.69) is 25.7 Å². The lowest BCUT2D eigenvalue weighted by molar-refractivity contribution is 0.0531. The van der Waals surface area contributed by atoms with Crippen molar-refractivity contribution in [1.29, 1.82) is 0 Å². The number of esters is 1. The third kappa shape index (κ3) is 6.76. The number of thiazole rings is 1. The summed E-state index contributed by atoms with van der Waals surface area (Å²) in [6.07, 6.45) is 3.83. The van der Waals surface area contributed by atoms with Crippen molar-refractivity contribution in [1.82, 2.24) is 25.4 Å². The van der Waals surface area contributed by atoms with Crippen molar-refractivity contribution in [3.8, 4) is 0 Å². The predicted octanol–water partition coefficient (Wildman–Crippen LogP) is 2.68. The number of hydrogen-bond acceptors (Lipinski definition) is 6. The molecule has 1 atom stereocenters. The molecule has 0 spiro atoms. The van der Waals surface area contributed by atoms with Gasteiger partial charge in [-0.05, 0) is 33.3 Å². The molecule has 1 unspecified atom stereocenters. The molecule has 0 saturated heterocycles. The van der Waals surface area contributed by atoms with Gasteiger partial charge in [-0.1, -0.05) is 0 Å². The lowest BCUT2D eigenvalue weighted by Gasteiger charge is -2.16. The molecule has 10 heteroatoms. The zero-order valence-corrected chi connectivity index (χ0v) is 19.4. The summed E-state index contributed by atoms with van der Waals surface area (Å²) in [6, 6.07) is -0.0833. The fourth-order valence-corrected chi connectivity index (χ4v) is 3.29. The zero-order chi connectivity index (χ0) is 19.1. The summed E-state index contributed by atoms with van der Waals surface area (Å²) in [5, 5.41) is 11.6. The van der Waals surface area contributed by atoms with Crippen molar-refractivity contribution in [2.24, 2.45) is 4.99 Å². The molecule has 0 fully saturated rings. The van der Waals surface area contributed by atoms with E-state index in [1.165, 1.54) is 11.3 Å². The molecule has 8 nitrogen and oxygen atoms in total. The van der Waals surface area contributed by atoms with Crippen LogP contribution in [0, 0.1) is 13.8 Å². The largest absolute Gasteiger partial charge is 0.462 e. The lowest BCUT2D eigenvalue weighted by Crippen LogP contribution is -2.40. The van der Waals surface area contributed by atoms with Crippen molar-refractivity contribution in [3.63, 3.8) is 0 Å². The summed E-state index contributed by atoms with van der Waals surface area (Å²) >= 11 is 1.35. The van der Waals surface area contributed by atoms with E-state index >= 15 is 0 Å². The Balaban J connectivity index is 0.00000364. The maximum absolute atomic E-state index is 11.9. The number of nitrogens with one attached hydrogen (secondary N) is 2. The first-order valence-electron chi connectivity index (χ1n) is 8.55. The number of aromatic nitrogens is 3. The molecule has 2 heterocycles. The number of carbonyl (C=O) groups excluding carboxylic acids is 1. The van der Waals surface area contributed by atoms with Gasteiger partial charge in [-0.2, -0.15) is 5.10 Å². The summed E-state index contributed by atoms with van der Waals surface area (Å²) in [7, 11) is 1.72. The monoisotopic (exact) mass is 506 g/mol. The number of aryl methyl sites for hydroxylation is 2. The molecular formula is C17H27IN6O2S. The minimum atomic E-state index is -0.321. The molecule has 0 aliphatic heterocycles. The van der Waals surface area contributed by atoms with E-state index < -0.39 is 0 Å². The van der Waals surface area contributed by atoms with E-state index in [0.29, 0.717) is 29.7 Å². The van der Waals surface area contributed by atoms with Gasteiger partial charge in [0.25, 0.3) is 0 Å².